The summed E-state index contributed by atoms with van der Waals surface area (Å²) in [6.45, 7) is 4.11. The molecule has 1 aliphatic heterocycles. The predicted octanol–water partition coefficient (Wildman–Crippen LogP) is 4.09. The molecule has 2 amide bonds. The molecular formula is C24H29N5O. The number of aromatic nitrogens is 2. The third-order valence-electron chi connectivity index (χ3n) is 6.16. The molecule has 0 saturated carbocycles. The number of piperidine rings is 1. The summed E-state index contributed by atoms with van der Waals surface area (Å²) in [5.74, 6) is 0. The van der Waals surface area contributed by atoms with E-state index in [2.05, 4.69) is 51.5 Å². The van der Waals surface area contributed by atoms with Gasteiger partial charge in [0.1, 0.15) is 0 Å². The molecule has 4 rings (SSSR count). The lowest BCUT2D eigenvalue weighted by Crippen LogP contribution is -2.48. The van der Waals surface area contributed by atoms with Crippen molar-refractivity contribution in [2.24, 2.45) is 0 Å². The van der Waals surface area contributed by atoms with Crippen molar-refractivity contribution in [2.45, 2.75) is 31.8 Å². The number of rotatable bonds is 4. The average molecular weight is 404 g/mol. The molecule has 0 radical (unpaired) electrons. The molecule has 156 valence electrons. The highest BCUT2D eigenvalue weighted by molar-refractivity contribution is 5.98. The molecule has 2 aromatic carbocycles. The Balaban J connectivity index is 1.56. The Morgan fingerprint density at radius 2 is 1.87 bits per heavy atom. The van der Waals surface area contributed by atoms with Crippen molar-refractivity contribution in [3.8, 4) is 11.3 Å². The van der Waals surface area contributed by atoms with E-state index in [9.17, 15) is 4.79 Å². The van der Waals surface area contributed by atoms with Gasteiger partial charge in [0.15, 0.2) is 0 Å². The Kier molecular flexibility index (Phi) is 5.95. The van der Waals surface area contributed by atoms with Crippen LogP contribution in [0.4, 0.5) is 4.79 Å². The van der Waals surface area contributed by atoms with Gasteiger partial charge in [-0.05, 0) is 56.2 Å². The van der Waals surface area contributed by atoms with Crippen LogP contribution in [0.5, 0.6) is 0 Å². The zero-order chi connectivity index (χ0) is 21.1. The van der Waals surface area contributed by atoms with Crippen LogP contribution in [0.3, 0.4) is 0 Å². The van der Waals surface area contributed by atoms with Gasteiger partial charge in [-0.1, -0.05) is 36.4 Å². The minimum absolute atomic E-state index is 0.0147. The van der Waals surface area contributed by atoms with Crippen LogP contribution < -0.4 is 5.32 Å². The third-order valence-corrected chi connectivity index (χ3v) is 6.16. The van der Waals surface area contributed by atoms with E-state index in [1.807, 2.05) is 31.0 Å². The second kappa shape index (κ2) is 8.79. The molecule has 6 nitrogen and oxygen atoms in total. The molecule has 1 saturated heterocycles. The van der Waals surface area contributed by atoms with Gasteiger partial charge in [0.05, 0.1) is 17.9 Å². The van der Waals surface area contributed by atoms with E-state index in [1.165, 1.54) is 0 Å². The molecule has 1 atom stereocenters. The smallest absolute Gasteiger partial charge is 0.317 e. The minimum atomic E-state index is -0.105. The Morgan fingerprint density at radius 1 is 1.13 bits per heavy atom. The summed E-state index contributed by atoms with van der Waals surface area (Å²) in [5, 5.41) is 5.43. The zero-order valence-corrected chi connectivity index (χ0v) is 17.9. The fourth-order valence-electron chi connectivity index (χ4n) is 4.27. The largest absolute Gasteiger partial charge is 0.331 e. The first kappa shape index (κ1) is 20.3. The lowest BCUT2D eigenvalue weighted by molar-refractivity contribution is 0.146. The van der Waals surface area contributed by atoms with Crippen molar-refractivity contribution in [3.63, 3.8) is 0 Å². The lowest BCUT2D eigenvalue weighted by Gasteiger charge is -2.35. The molecule has 0 spiro atoms. The molecule has 1 unspecified atom stereocenters. The van der Waals surface area contributed by atoms with Crippen molar-refractivity contribution in [1.82, 2.24) is 25.1 Å². The summed E-state index contributed by atoms with van der Waals surface area (Å²) in [4.78, 5) is 25.8. The maximum absolute atomic E-state index is 12.9. The molecule has 0 bridgehead atoms. The van der Waals surface area contributed by atoms with E-state index in [0.717, 1.165) is 53.5 Å². The second-order valence-electron chi connectivity index (χ2n) is 8.16. The van der Waals surface area contributed by atoms with Gasteiger partial charge in [0, 0.05) is 31.0 Å². The summed E-state index contributed by atoms with van der Waals surface area (Å²) in [7, 11) is 4.04. The molecule has 0 aliphatic carbocycles. The molecule has 1 aromatic heterocycles. The summed E-state index contributed by atoms with van der Waals surface area (Å²) in [6, 6.07) is 12.6. The maximum Gasteiger partial charge on any atom is 0.317 e. The van der Waals surface area contributed by atoms with Crippen LogP contribution in [0, 0.1) is 0 Å². The number of hydrogen-bond donors (Lipinski definition) is 1. The molecule has 3 aromatic rings. The van der Waals surface area contributed by atoms with E-state index in [1.54, 1.807) is 18.6 Å². The summed E-state index contributed by atoms with van der Waals surface area (Å²) in [5.41, 5.74) is 2.99. The van der Waals surface area contributed by atoms with Gasteiger partial charge in [-0.15, -0.1) is 0 Å². The van der Waals surface area contributed by atoms with Crippen LogP contribution >= 0.6 is 0 Å². The number of likely N-dealkylation sites (tertiary alicyclic amines) is 1. The summed E-state index contributed by atoms with van der Waals surface area (Å²) < 4.78 is 0. The van der Waals surface area contributed by atoms with Gasteiger partial charge in [-0.25, -0.2) is 4.79 Å². The number of carbonyl (C=O) groups is 1. The van der Waals surface area contributed by atoms with Crippen LogP contribution in [-0.4, -0.2) is 59.0 Å². The third kappa shape index (κ3) is 4.14. The van der Waals surface area contributed by atoms with Gasteiger partial charge in [-0.2, -0.15) is 0 Å². The summed E-state index contributed by atoms with van der Waals surface area (Å²) >= 11 is 0. The Labute approximate surface area is 177 Å². The molecule has 6 heteroatoms. The summed E-state index contributed by atoms with van der Waals surface area (Å²) in [6.07, 6.45) is 7.20. The molecule has 1 N–H and O–H groups in total. The number of fused-ring (bicyclic) bond motifs is 1. The first-order chi connectivity index (χ1) is 14.5. The van der Waals surface area contributed by atoms with Gasteiger partial charge >= 0.3 is 6.03 Å². The highest BCUT2D eigenvalue weighted by atomic mass is 16.2. The van der Waals surface area contributed by atoms with Crippen LogP contribution in [0.2, 0.25) is 0 Å². The first-order valence-corrected chi connectivity index (χ1v) is 10.5. The fourth-order valence-corrected chi connectivity index (χ4v) is 4.27. The highest BCUT2D eigenvalue weighted by Gasteiger charge is 2.25. The van der Waals surface area contributed by atoms with Crippen LogP contribution in [0.1, 0.15) is 31.4 Å². The van der Waals surface area contributed by atoms with Crippen molar-refractivity contribution in [2.75, 3.05) is 27.2 Å². The molecule has 1 fully saturated rings. The van der Waals surface area contributed by atoms with Gasteiger partial charge < -0.3 is 15.1 Å². The van der Waals surface area contributed by atoms with Crippen LogP contribution in [0.15, 0.2) is 55.0 Å². The van der Waals surface area contributed by atoms with E-state index < -0.39 is 0 Å². The van der Waals surface area contributed by atoms with Gasteiger partial charge in [-0.3, -0.25) is 9.97 Å². The number of nitrogens with one attached hydrogen (secondary N) is 1. The number of carbonyl (C=O) groups excluding carboxylic acids is 1. The van der Waals surface area contributed by atoms with Gasteiger partial charge in [0.25, 0.3) is 0 Å². The van der Waals surface area contributed by atoms with Crippen molar-refractivity contribution >= 4 is 16.8 Å². The monoisotopic (exact) mass is 403 g/mol. The molecule has 1 aliphatic rings. The topological polar surface area (TPSA) is 61.4 Å². The van der Waals surface area contributed by atoms with Crippen molar-refractivity contribution in [1.29, 1.82) is 0 Å². The Bertz CT molecular complexity index is 1010. The maximum atomic E-state index is 12.9. The van der Waals surface area contributed by atoms with E-state index >= 15 is 0 Å². The number of benzene rings is 2. The van der Waals surface area contributed by atoms with Crippen molar-refractivity contribution in [3.05, 3.63) is 60.6 Å². The lowest BCUT2D eigenvalue weighted by atomic mass is 9.94. The Hall–Kier alpha value is -2.99. The average Bonchev–Trinajstić information content (AvgIpc) is 2.79. The van der Waals surface area contributed by atoms with E-state index in [0.29, 0.717) is 6.04 Å². The zero-order valence-electron chi connectivity index (χ0n) is 17.9. The fraction of sp³-hybridized carbons (Fsp3) is 0.375. The first-order valence-electron chi connectivity index (χ1n) is 10.5. The molecule has 30 heavy (non-hydrogen) atoms. The second-order valence-corrected chi connectivity index (χ2v) is 8.16. The van der Waals surface area contributed by atoms with Crippen molar-refractivity contribution < 1.29 is 4.79 Å². The number of nitrogens with zero attached hydrogens (tertiary/aromatic N) is 4. The predicted molar refractivity (Wildman–Crippen MR) is 120 cm³/mol. The molecule has 2 heterocycles. The number of urea groups is 1. The molecular weight excluding hydrogens is 374 g/mol. The number of amides is 2. The van der Waals surface area contributed by atoms with Crippen LogP contribution in [-0.2, 0) is 0 Å². The van der Waals surface area contributed by atoms with E-state index in [4.69, 9.17) is 0 Å². The standard InChI is InChI=1S/C24H29N5O/c1-17(27-24(30)29(3)18-10-14-28(2)15-11-18)19-8-9-22(23-16-25-12-13-26-23)21-7-5-4-6-20(19)21/h4-9,12-13,16-18H,10-11,14-15H2,1-3H3,(H,27,30). The van der Waals surface area contributed by atoms with E-state index in [-0.39, 0.29) is 12.1 Å². The normalized spacial score (nSPS) is 16.4. The Morgan fingerprint density at radius 3 is 2.57 bits per heavy atom. The SMILES string of the molecule is CC(NC(=O)N(C)C1CCN(C)CC1)c1ccc(-c2cnccn2)c2ccccc12. The highest BCUT2D eigenvalue weighted by Crippen LogP contribution is 2.32. The quantitative estimate of drug-likeness (QED) is 0.713. The number of hydrogen-bond acceptors (Lipinski definition) is 4. The minimum Gasteiger partial charge on any atom is -0.331 e. The van der Waals surface area contributed by atoms with Gasteiger partial charge in [0.2, 0.25) is 0 Å². The van der Waals surface area contributed by atoms with Crippen LogP contribution in [0.25, 0.3) is 22.0 Å².